The third-order valence-corrected chi connectivity index (χ3v) is 5.49. The molecule has 2 aromatic carbocycles. The average Bonchev–Trinajstić information content (AvgIpc) is 2.68. The molecule has 0 N–H and O–H groups in total. The number of rotatable bonds is 3. The van der Waals surface area contributed by atoms with E-state index in [2.05, 4.69) is 23.1 Å². The summed E-state index contributed by atoms with van der Waals surface area (Å²) < 4.78 is 5.90. The highest BCUT2D eigenvalue weighted by Gasteiger charge is 2.26. The van der Waals surface area contributed by atoms with Gasteiger partial charge >= 0.3 is 0 Å². The van der Waals surface area contributed by atoms with Gasteiger partial charge in [-0.3, -0.25) is 9.69 Å². The van der Waals surface area contributed by atoms with Gasteiger partial charge in [0.1, 0.15) is 0 Å². The van der Waals surface area contributed by atoms with Crippen molar-refractivity contribution < 1.29 is 9.53 Å². The fourth-order valence-electron chi connectivity index (χ4n) is 3.73. The average molecular weight is 371 g/mol. The summed E-state index contributed by atoms with van der Waals surface area (Å²) in [5.74, 6) is 0.205. The lowest BCUT2D eigenvalue weighted by atomic mass is 10.00. The summed E-state index contributed by atoms with van der Waals surface area (Å²) >= 11 is 5.97. The molecule has 4 rings (SSSR count). The van der Waals surface area contributed by atoms with E-state index in [0.29, 0.717) is 13.2 Å². The molecule has 2 aliphatic heterocycles. The van der Waals surface area contributed by atoms with Gasteiger partial charge in [0.2, 0.25) is 5.91 Å². The smallest absolute Gasteiger partial charge is 0.237 e. The maximum Gasteiger partial charge on any atom is 0.237 e. The number of morpholine rings is 1. The van der Waals surface area contributed by atoms with Gasteiger partial charge in [-0.05, 0) is 35.2 Å². The number of hydrogen-bond donors (Lipinski definition) is 0. The molecule has 0 spiro atoms. The Labute approximate surface area is 159 Å². The SMILES string of the molecule is O=C(CN1CCOC(c2ccc(Cl)cc2)C1)N1CCc2ccccc2C1. The number of carbonyl (C=O) groups excluding carboxylic acids is 1. The van der Waals surface area contributed by atoms with Gasteiger partial charge in [0.25, 0.3) is 0 Å². The Morgan fingerprint density at radius 1 is 1.08 bits per heavy atom. The first-order valence-corrected chi connectivity index (χ1v) is 9.51. The van der Waals surface area contributed by atoms with Gasteiger partial charge in [0.15, 0.2) is 0 Å². The normalized spacial score (nSPS) is 20.7. The van der Waals surface area contributed by atoms with Crippen molar-refractivity contribution in [3.63, 3.8) is 0 Å². The van der Waals surface area contributed by atoms with E-state index in [1.54, 1.807) is 0 Å². The van der Waals surface area contributed by atoms with Crippen LogP contribution in [-0.2, 0) is 22.5 Å². The van der Waals surface area contributed by atoms with Crippen molar-refractivity contribution in [2.24, 2.45) is 0 Å². The number of fused-ring (bicyclic) bond motifs is 1. The summed E-state index contributed by atoms with van der Waals surface area (Å²) in [4.78, 5) is 17.0. The van der Waals surface area contributed by atoms with Gasteiger partial charge in [-0.2, -0.15) is 0 Å². The third-order valence-electron chi connectivity index (χ3n) is 5.23. The van der Waals surface area contributed by atoms with Crippen LogP contribution in [0.5, 0.6) is 0 Å². The summed E-state index contributed by atoms with van der Waals surface area (Å²) in [7, 11) is 0. The number of benzene rings is 2. The van der Waals surface area contributed by atoms with Gasteiger partial charge in [-0.25, -0.2) is 0 Å². The van der Waals surface area contributed by atoms with E-state index in [0.717, 1.165) is 43.2 Å². The topological polar surface area (TPSA) is 32.8 Å². The predicted molar refractivity (Wildman–Crippen MR) is 102 cm³/mol. The lowest BCUT2D eigenvalue weighted by molar-refractivity contribution is -0.135. The van der Waals surface area contributed by atoms with Crippen molar-refractivity contribution in [3.05, 3.63) is 70.2 Å². The zero-order chi connectivity index (χ0) is 17.9. The van der Waals surface area contributed by atoms with Crippen molar-refractivity contribution in [2.75, 3.05) is 32.8 Å². The number of carbonyl (C=O) groups is 1. The van der Waals surface area contributed by atoms with Gasteiger partial charge < -0.3 is 9.64 Å². The molecule has 1 unspecified atom stereocenters. The summed E-state index contributed by atoms with van der Waals surface area (Å²) in [6.07, 6.45) is 0.939. The lowest BCUT2D eigenvalue weighted by Gasteiger charge is -2.35. The molecule has 1 atom stereocenters. The van der Waals surface area contributed by atoms with E-state index in [-0.39, 0.29) is 12.0 Å². The van der Waals surface area contributed by atoms with Gasteiger partial charge in [0, 0.05) is 31.2 Å². The van der Waals surface area contributed by atoms with E-state index in [1.165, 1.54) is 11.1 Å². The molecule has 2 aliphatic rings. The van der Waals surface area contributed by atoms with Crippen LogP contribution in [0.4, 0.5) is 0 Å². The Kier molecular flexibility index (Phi) is 5.25. The van der Waals surface area contributed by atoms with E-state index >= 15 is 0 Å². The van der Waals surface area contributed by atoms with Crippen molar-refractivity contribution in [1.29, 1.82) is 0 Å². The van der Waals surface area contributed by atoms with Crippen LogP contribution >= 0.6 is 11.6 Å². The number of nitrogens with zero attached hydrogens (tertiary/aromatic N) is 2. The Balaban J connectivity index is 1.36. The molecule has 0 radical (unpaired) electrons. The molecule has 5 heteroatoms. The molecule has 136 valence electrons. The molecule has 0 aliphatic carbocycles. The standard InChI is InChI=1S/C21H23ClN2O2/c22-19-7-5-17(6-8-19)20-14-23(11-12-26-20)15-21(25)24-10-9-16-3-1-2-4-18(16)13-24/h1-8,20H,9-15H2. The molecule has 0 saturated carbocycles. The Bertz CT molecular complexity index is 778. The molecule has 0 bridgehead atoms. The van der Waals surface area contributed by atoms with E-state index in [1.807, 2.05) is 35.2 Å². The van der Waals surface area contributed by atoms with Crippen LogP contribution in [0.25, 0.3) is 0 Å². The van der Waals surface area contributed by atoms with Gasteiger partial charge in [0.05, 0.1) is 19.3 Å². The first-order chi connectivity index (χ1) is 12.7. The quantitative estimate of drug-likeness (QED) is 0.831. The zero-order valence-electron chi connectivity index (χ0n) is 14.7. The fourth-order valence-corrected chi connectivity index (χ4v) is 3.85. The maximum absolute atomic E-state index is 12.8. The number of halogens is 1. The van der Waals surface area contributed by atoms with E-state index in [9.17, 15) is 4.79 Å². The van der Waals surface area contributed by atoms with Crippen molar-refractivity contribution in [1.82, 2.24) is 9.80 Å². The van der Waals surface area contributed by atoms with Crippen LogP contribution in [0.2, 0.25) is 5.02 Å². The van der Waals surface area contributed by atoms with Crippen LogP contribution < -0.4 is 0 Å². The number of amides is 1. The third kappa shape index (κ3) is 3.93. The highest BCUT2D eigenvalue weighted by molar-refractivity contribution is 6.30. The van der Waals surface area contributed by atoms with Crippen LogP contribution in [-0.4, -0.2) is 48.5 Å². The first-order valence-electron chi connectivity index (χ1n) is 9.13. The number of ether oxygens (including phenoxy) is 1. The van der Waals surface area contributed by atoms with Crippen molar-refractivity contribution in [2.45, 2.75) is 19.1 Å². The molecule has 2 heterocycles. The summed E-state index contributed by atoms with van der Waals surface area (Å²) in [6.45, 7) is 4.15. The Hall–Kier alpha value is -1.88. The van der Waals surface area contributed by atoms with Crippen molar-refractivity contribution >= 4 is 17.5 Å². The highest BCUT2D eigenvalue weighted by atomic mass is 35.5. The fraction of sp³-hybridized carbons (Fsp3) is 0.381. The first kappa shape index (κ1) is 17.5. The summed E-state index contributed by atoms with van der Waals surface area (Å²) in [5.41, 5.74) is 3.75. The van der Waals surface area contributed by atoms with E-state index in [4.69, 9.17) is 16.3 Å². The Morgan fingerprint density at radius 2 is 1.85 bits per heavy atom. The largest absolute Gasteiger partial charge is 0.371 e. The molecule has 1 fully saturated rings. The van der Waals surface area contributed by atoms with Crippen LogP contribution in [0.1, 0.15) is 22.8 Å². The summed E-state index contributed by atoms with van der Waals surface area (Å²) in [5, 5.41) is 0.724. The molecule has 2 aromatic rings. The molecule has 0 aromatic heterocycles. The maximum atomic E-state index is 12.8. The second-order valence-corrected chi connectivity index (χ2v) is 7.42. The summed E-state index contributed by atoms with van der Waals surface area (Å²) in [6, 6.07) is 16.2. The minimum absolute atomic E-state index is 0.00380. The lowest BCUT2D eigenvalue weighted by Crippen LogP contribution is -2.46. The van der Waals surface area contributed by atoms with Crippen LogP contribution in [0.3, 0.4) is 0 Å². The molecular weight excluding hydrogens is 348 g/mol. The number of hydrogen-bond acceptors (Lipinski definition) is 3. The molecule has 1 amide bonds. The van der Waals surface area contributed by atoms with Gasteiger partial charge in [-0.15, -0.1) is 0 Å². The second-order valence-electron chi connectivity index (χ2n) is 6.98. The molecule has 26 heavy (non-hydrogen) atoms. The Morgan fingerprint density at radius 3 is 2.65 bits per heavy atom. The molecular formula is C21H23ClN2O2. The van der Waals surface area contributed by atoms with Crippen LogP contribution in [0.15, 0.2) is 48.5 Å². The monoisotopic (exact) mass is 370 g/mol. The van der Waals surface area contributed by atoms with Crippen LogP contribution in [0, 0.1) is 0 Å². The minimum atomic E-state index is -0.00380. The van der Waals surface area contributed by atoms with E-state index < -0.39 is 0 Å². The van der Waals surface area contributed by atoms with Gasteiger partial charge in [-0.1, -0.05) is 48.0 Å². The second kappa shape index (κ2) is 7.78. The molecule has 1 saturated heterocycles. The predicted octanol–water partition coefficient (Wildman–Crippen LogP) is 3.30. The minimum Gasteiger partial charge on any atom is -0.371 e. The highest BCUT2D eigenvalue weighted by Crippen LogP contribution is 2.24. The zero-order valence-corrected chi connectivity index (χ0v) is 15.5. The van der Waals surface area contributed by atoms with Crippen molar-refractivity contribution in [3.8, 4) is 0 Å². The molecule has 4 nitrogen and oxygen atoms in total.